The largest absolute Gasteiger partial charge is 0.493 e. The zero-order chi connectivity index (χ0) is 11.5. The fourth-order valence-corrected chi connectivity index (χ4v) is 3.76. The maximum atomic E-state index is 5.70. The highest BCUT2D eigenvalue weighted by molar-refractivity contribution is 7.99. The molecule has 0 unspecified atom stereocenters. The van der Waals surface area contributed by atoms with Crippen LogP contribution in [0.4, 0.5) is 0 Å². The minimum absolute atomic E-state index is 0.489. The number of benzene rings is 1. The first-order valence-corrected chi connectivity index (χ1v) is 7.64. The minimum Gasteiger partial charge on any atom is -0.493 e. The van der Waals surface area contributed by atoms with Crippen molar-refractivity contribution in [3.05, 3.63) is 29.8 Å². The third-order valence-corrected chi connectivity index (χ3v) is 4.77. The van der Waals surface area contributed by atoms with Crippen LogP contribution in [-0.4, -0.2) is 24.2 Å². The monoisotopic (exact) mass is 249 g/mol. The fourth-order valence-electron chi connectivity index (χ4n) is 2.67. The zero-order valence-electron chi connectivity index (χ0n) is 10.0. The van der Waals surface area contributed by atoms with E-state index < -0.39 is 0 Å². The first-order chi connectivity index (χ1) is 8.43. The van der Waals surface area contributed by atoms with E-state index in [4.69, 9.17) is 4.74 Å². The van der Waals surface area contributed by atoms with Gasteiger partial charge < -0.3 is 10.1 Å². The Hall–Kier alpha value is -0.670. The van der Waals surface area contributed by atoms with Crippen molar-refractivity contribution in [2.24, 2.45) is 0 Å². The van der Waals surface area contributed by atoms with E-state index in [-0.39, 0.29) is 0 Å². The topological polar surface area (TPSA) is 21.3 Å². The number of hydrogen-bond donors (Lipinski definition) is 1. The van der Waals surface area contributed by atoms with Crippen molar-refractivity contribution in [2.75, 3.05) is 18.1 Å². The lowest BCUT2D eigenvalue weighted by Crippen LogP contribution is -2.38. The van der Waals surface area contributed by atoms with Crippen LogP contribution in [0.2, 0.25) is 0 Å². The van der Waals surface area contributed by atoms with Crippen LogP contribution in [0.15, 0.2) is 24.3 Å². The van der Waals surface area contributed by atoms with Crippen molar-refractivity contribution >= 4 is 11.8 Å². The Balaban J connectivity index is 1.71. The van der Waals surface area contributed by atoms with Gasteiger partial charge in [0.1, 0.15) is 5.75 Å². The van der Waals surface area contributed by atoms with Gasteiger partial charge in [-0.25, -0.2) is 0 Å². The molecule has 0 bridgehead atoms. The van der Waals surface area contributed by atoms with Crippen molar-refractivity contribution in [2.45, 2.75) is 31.3 Å². The van der Waals surface area contributed by atoms with E-state index in [0.717, 1.165) is 18.8 Å². The number of nitrogens with one attached hydrogen (secondary N) is 1. The van der Waals surface area contributed by atoms with E-state index in [0.29, 0.717) is 12.1 Å². The summed E-state index contributed by atoms with van der Waals surface area (Å²) in [5, 5.41) is 3.81. The minimum atomic E-state index is 0.489. The van der Waals surface area contributed by atoms with Gasteiger partial charge in [0.2, 0.25) is 0 Å². The Morgan fingerprint density at radius 3 is 3.06 bits per heavy atom. The van der Waals surface area contributed by atoms with Crippen molar-refractivity contribution in [1.29, 1.82) is 0 Å². The van der Waals surface area contributed by atoms with Crippen molar-refractivity contribution < 1.29 is 4.74 Å². The van der Waals surface area contributed by atoms with Gasteiger partial charge >= 0.3 is 0 Å². The summed E-state index contributed by atoms with van der Waals surface area (Å²) in [5.41, 5.74) is 1.34. The second-order valence-corrected chi connectivity index (χ2v) is 5.96. The van der Waals surface area contributed by atoms with E-state index in [1.807, 2.05) is 0 Å². The predicted octanol–water partition coefficient (Wildman–Crippen LogP) is 3.00. The summed E-state index contributed by atoms with van der Waals surface area (Å²) in [7, 11) is 0. The average Bonchev–Trinajstić information content (AvgIpc) is 2.40. The summed E-state index contributed by atoms with van der Waals surface area (Å²) in [6.45, 7) is 0.842. The zero-order valence-corrected chi connectivity index (χ0v) is 10.8. The van der Waals surface area contributed by atoms with Crippen LogP contribution >= 0.6 is 11.8 Å². The summed E-state index contributed by atoms with van der Waals surface area (Å²) in [6, 6.07) is 9.62. The second-order valence-electron chi connectivity index (χ2n) is 4.81. The molecule has 2 nitrogen and oxygen atoms in total. The number of fused-ring (bicyclic) bond motifs is 1. The van der Waals surface area contributed by atoms with Crippen LogP contribution in [0, 0.1) is 0 Å². The molecule has 17 heavy (non-hydrogen) atoms. The molecule has 2 aliphatic heterocycles. The van der Waals surface area contributed by atoms with Crippen LogP contribution in [0.1, 0.15) is 30.9 Å². The van der Waals surface area contributed by atoms with Gasteiger partial charge in [-0.15, -0.1) is 0 Å². The van der Waals surface area contributed by atoms with Gasteiger partial charge in [0, 0.05) is 29.8 Å². The Kier molecular flexibility index (Phi) is 3.57. The van der Waals surface area contributed by atoms with Crippen LogP contribution in [-0.2, 0) is 0 Å². The molecule has 1 N–H and O–H groups in total. The number of thioether (sulfide) groups is 1. The molecule has 2 heterocycles. The van der Waals surface area contributed by atoms with E-state index in [9.17, 15) is 0 Å². The lowest BCUT2D eigenvalue weighted by Gasteiger charge is -2.32. The van der Waals surface area contributed by atoms with Gasteiger partial charge in [0.15, 0.2) is 0 Å². The van der Waals surface area contributed by atoms with E-state index in [1.165, 1.54) is 29.9 Å². The molecule has 1 aromatic carbocycles. The molecular weight excluding hydrogens is 230 g/mol. The van der Waals surface area contributed by atoms with Crippen molar-refractivity contribution in [3.63, 3.8) is 0 Å². The maximum absolute atomic E-state index is 5.70. The summed E-state index contributed by atoms with van der Waals surface area (Å²) in [5.74, 6) is 3.67. The quantitative estimate of drug-likeness (QED) is 0.870. The van der Waals surface area contributed by atoms with Gasteiger partial charge in [-0.3, -0.25) is 0 Å². The molecule has 2 atom stereocenters. The van der Waals surface area contributed by atoms with Gasteiger partial charge in [-0.1, -0.05) is 18.2 Å². The molecule has 0 radical (unpaired) electrons. The Morgan fingerprint density at radius 1 is 1.24 bits per heavy atom. The van der Waals surface area contributed by atoms with Crippen LogP contribution in [0.25, 0.3) is 0 Å². The smallest absolute Gasteiger partial charge is 0.124 e. The average molecular weight is 249 g/mol. The second kappa shape index (κ2) is 5.32. The molecule has 0 amide bonds. The summed E-state index contributed by atoms with van der Waals surface area (Å²) >= 11 is 2.08. The maximum Gasteiger partial charge on any atom is 0.124 e. The first-order valence-electron chi connectivity index (χ1n) is 6.49. The first kappa shape index (κ1) is 11.4. The summed E-state index contributed by atoms with van der Waals surface area (Å²) in [6.07, 6.45) is 3.78. The lowest BCUT2D eigenvalue weighted by atomic mass is 9.99. The van der Waals surface area contributed by atoms with E-state index in [1.54, 1.807) is 0 Å². The molecule has 0 saturated carbocycles. The Bertz CT molecular complexity index is 376. The molecule has 92 valence electrons. The molecule has 1 fully saturated rings. The molecule has 3 heteroatoms. The third kappa shape index (κ3) is 2.61. The molecule has 0 spiro atoms. The van der Waals surface area contributed by atoms with Gasteiger partial charge in [-0.05, 0) is 24.7 Å². The fraction of sp³-hybridized carbons (Fsp3) is 0.571. The van der Waals surface area contributed by atoms with Gasteiger partial charge in [-0.2, -0.15) is 11.8 Å². The Morgan fingerprint density at radius 2 is 2.18 bits per heavy atom. The van der Waals surface area contributed by atoms with Crippen LogP contribution in [0.3, 0.4) is 0 Å². The SMILES string of the molecule is c1ccc2c(c1)OCC[C@@H]2N[C@H]1CCCSC1. The molecule has 3 rings (SSSR count). The number of hydrogen-bond acceptors (Lipinski definition) is 3. The molecule has 1 saturated heterocycles. The molecular formula is C14H19NOS. The molecule has 0 aromatic heterocycles. The van der Waals surface area contributed by atoms with Gasteiger partial charge in [0.05, 0.1) is 6.61 Å². The van der Waals surface area contributed by atoms with Crippen molar-refractivity contribution in [1.82, 2.24) is 5.32 Å². The summed E-state index contributed by atoms with van der Waals surface area (Å²) < 4.78 is 5.70. The third-order valence-electron chi connectivity index (χ3n) is 3.56. The summed E-state index contributed by atoms with van der Waals surface area (Å²) in [4.78, 5) is 0. The molecule has 0 aliphatic carbocycles. The van der Waals surface area contributed by atoms with Crippen LogP contribution in [0.5, 0.6) is 5.75 Å². The van der Waals surface area contributed by atoms with E-state index in [2.05, 4.69) is 41.3 Å². The number of rotatable bonds is 2. The Labute approximate surface area is 107 Å². The van der Waals surface area contributed by atoms with Crippen molar-refractivity contribution in [3.8, 4) is 5.75 Å². The van der Waals surface area contributed by atoms with E-state index >= 15 is 0 Å². The number of ether oxygens (including phenoxy) is 1. The van der Waals surface area contributed by atoms with Crippen LogP contribution < -0.4 is 10.1 Å². The predicted molar refractivity (Wildman–Crippen MR) is 72.8 cm³/mol. The standard InChI is InChI=1S/C14H19NOS/c1-2-6-14-12(5-1)13(7-8-16-14)15-11-4-3-9-17-10-11/h1-2,5-6,11,13,15H,3-4,7-10H2/t11-,13-/m0/s1. The van der Waals surface area contributed by atoms with Gasteiger partial charge in [0.25, 0.3) is 0 Å². The molecule has 1 aromatic rings. The highest BCUT2D eigenvalue weighted by Crippen LogP contribution is 2.32. The normalized spacial score (nSPS) is 28.2. The molecule has 2 aliphatic rings. The lowest BCUT2D eigenvalue weighted by molar-refractivity contribution is 0.244. The number of para-hydroxylation sites is 1. The highest BCUT2D eigenvalue weighted by Gasteiger charge is 2.24. The highest BCUT2D eigenvalue weighted by atomic mass is 32.2.